The first-order valence-corrected chi connectivity index (χ1v) is 10.3. The van der Waals surface area contributed by atoms with Crippen LogP contribution in [0.1, 0.15) is 51.4 Å². The summed E-state index contributed by atoms with van der Waals surface area (Å²) in [6.07, 6.45) is 5.52. The van der Waals surface area contributed by atoms with Crippen LogP contribution < -0.4 is 0 Å². The topological polar surface area (TPSA) is 105 Å². The van der Waals surface area contributed by atoms with E-state index in [-0.39, 0.29) is 72.0 Å². The minimum absolute atomic E-state index is 0.0539. The highest BCUT2D eigenvalue weighted by Crippen LogP contribution is 2.46. The Morgan fingerprint density at radius 3 is 0.857 bits per heavy atom. The molecule has 2 aliphatic carbocycles. The van der Waals surface area contributed by atoms with E-state index in [0.29, 0.717) is 25.7 Å². The van der Waals surface area contributed by atoms with Crippen molar-refractivity contribution in [1.82, 2.24) is 0 Å². The molecule has 4 heterocycles. The lowest BCUT2D eigenvalue weighted by Crippen LogP contribution is -2.35. The highest BCUT2D eigenvalue weighted by molar-refractivity contribution is 5.75. The SMILES string of the molecule is O=C1C[C@@H]2[C@H]3CC(=O)O[C@H]3CC[C@@H]2O1.O=C1C[C@@H]2[C@H]3CC(=O)O[C@H]3CC[C@@H]2O1. The van der Waals surface area contributed by atoms with Gasteiger partial charge in [-0.1, -0.05) is 0 Å². The van der Waals surface area contributed by atoms with Crippen LogP contribution >= 0.6 is 0 Å². The van der Waals surface area contributed by atoms with Gasteiger partial charge in [-0.05, 0) is 25.7 Å². The van der Waals surface area contributed by atoms with E-state index in [9.17, 15) is 19.2 Å². The van der Waals surface area contributed by atoms with Gasteiger partial charge in [0.25, 0.3) is 0 Å². The monoisotopic (exact) mass is 392 g/mol. The van der Waals surface area contributed by atoms with Crippen molar-refractivity contribution in [2.75, 3.05) is 0 Å². The summed E-state index contributed by atoms with van der Waals surface area (Å²) in [7, 11) is 0. The van der Waals surface area contributed by atoms with Crippen molar-refractivity contribution in [2.45, 2.75) is 75.8 Å². The number of hydrogen-bond donors (Lipinski definition) is 0. The molecular formula is C20H24O8. The lowest BCUT2D eigenvalue weighted by Gasteiger charge is -2.31. The summed E-state index contributed by atoms with van der Waals surface area (Å²) in [6, 6.07) is 0. The lowest BCUT2D eigenvalue weighted by atomic mass is 9.75. The molecule has 6 aliphatic rings. The largest absolute Gasteiger partial charge is 0.462 e. The predicted octanol–water partition coefficient (Wildman–Crippen LogP) is 1.29. The Morgan fingerprint density at radius 1 is 0.429 bits per heavy atom. The summed E-state index contributed by atoms with van der Waals surface area (Å²) in [5.74, 6) is 0.473. The molecular weight excluding hydrogens is 368 g/mol. The van der Waals surface area contributed by atoms with Crippen molar-refractivity contribution in [3.63, 3.8) is 0 Å². The molecule has 6 fully saturated rings. The van der Waals surface area contributed by atoms with E-state index in [1.165, 1.54) is 0 Å². The molecule has 8 atom stereocenters. The van der Waals surface area contributed by atoms with Crippen molar-refractivity contribution in [3.8, 4) is 0 Å². The molecule has 152 valence electrons. The van der Waals surface area contributed by atoms with Crippen LogP contribution in [0.15, 0.2) is 0 Å². The van der Waals surface area contributed by atoms with Crippen LogP contribution in [0.25, 0.3) is 0 Å². The van der Waals surface area contributed by atoms with Gasteiger partial charge in [0.15, 0.2) is 0 Å². The summed E-state index contributed by atoms with van der Waals surface area (Å²) in [4.78, 5) is 44.5. The minimum atomic E-state index is -0.111. The average molecular weight is 392 g/mol. The number of esters is 4. The van der Waals surface area contributed by atoms with E-state index in [2.05, 4.69) is 0 Å². The molecule has 0 aromatic rings. The van der Waals surface area contributed by atoms with E-state index >= 15 is 0 Å². The van der Waals surface area contributed by atoms with Gasteiger partial charge in [-0.25, -0.2) is 0 Å². The molecule has 6 rings (SSSR count). The van der Waals surface area contributed by atoms with Gasteiger partial charge in [0.1, 0.15) is 24.4 Å². The molecule has 0 radical (unpaired) electrons. The van der Waals surface area contributed by atoms with Gasteiger partial charge in [0.05, 0.1) is 25.7 Å². The van der Waals surface area contributed by atoms with Crippen LogP contribution in [0.2, 0.25) is 0 Å². The summed E-state index contributed by atoms with van der Waals surface area (Å²) in [5.41, 5.74) is 0. The number of fused-ring (bicyclic) bond motifs is 6. The fourth-order valence-corrected chi connectivity index (χ4v) is 5.97. The molecule has 0 aromatic carbocycles. The summed E-state index contributed by atoms with van der Waals surface area (Å²) < 4.78 is 20.8. The standard InChI is InChI=1S/2C10H12O4/c2*11-9-3-5-6-4-10(12)14-8(6)2-1-7(5)13-9/h2*5-8H,1-4H2/t2*5-,6-,7+,8+/m11/s1. The summed E-state index contributed by atoms with van der Waals surface area (Å²) >= 11 is 0. The molecule has 4 saturated heterocycles. The molecule has 28 heavy (non-hydrogen) atoms. The molecule has 0 aromatic heterocycles. The number of carbonyl (C=O) groups excluding carboxylic acids is 4. The third kappa shape index (κ3) is 3.06. The van der Waals surface area contributed by atoms with Gasteiger partial charge in [-0.15, -0.1) is 0 Å². The van der Waals surface area contributed by atoms with Gasteiger partial charge >= 0.3 is 23.9 Å². The molecule has 0 amide bonds. The second kappa shape index (κ2) is 6.74. The van der Waals surface area contributed by atoms with E-state index < -0.39 is 0 Å². The fraction of sp³-hybridized carbons (Fsp3) is 0.800. The van der Waals surface area contributed by atoms with Crippen LogP contribution in [-0.4, -0.2) is 48.3 Å². The molecule has 2 saturated carbocycles. The number of hydrogen-bond acceptors (Lipinski definition) is 8. The first-order chi connectivity index (χ1) is 13.5. The van der Waals surface area contributed by atoms with E-state index in [0.717, 1.165) is 25.7 Å². The molecule has 8 nitrogen and oxygen atoms in total. The van der Waals surface area contributed by atoms with E-state index in [4.69, 9.17) is 18.9 Å². The zero-order valence-electron chi connectivity index (χ0n) is 15.5. The van der Waals surface area contributed by atoms with Crippen molar-refractivity contribution < 1.29 is 38.1 Å². The third-order valence-corrected chi connectivity index (χ3v) is 7.22. The average Bonchev–Trinajstić information content (AvgIpc) is 3.37. The van der Waals surface area contributed by atoms with Gasteiger partial charge in [-0.3, -0.25) is 19.2 Å². The first kappa shape index (κ1) is 17.9. The predicted molar refractivity (Wildman–Crippen MR) is 90.4 cm³/mol. The molecule has 0 spiro atoms. The minimum Gasteiger partial charge on any atom is -0.462 e. The summed E-state index contributed by atoms with van der Waals surface area (Å²) in [6.45, 7) is 0. The van der Waals surface area contributed by atoms with Crippen molar-refractivity contribution in [2.24, 2.45) is 23.7 Å². The van der Waals surface area contributed by atoms with Crippen LogP contribution in [-0.2, 0) is 38.1 Å². The maximum Gasteiger partial charge on any atom is 0.306 e. The van der Waals surface area contributed by atoms with Crippen molar-refractivity contribution in [1.29, 1.82) is 0 Å². The molecule has 8 heteroatoms. The molecule has 0 N–H and O–H groups in total. The normalized spacial score (nSPS) is 45.4. The van der Waals surface area contributed by atoms with Gasteiger partial charge in [0, 0.05) is 23.7 Å². The smallest absolute Gasteiger partial charge is 0.306 e. The van der Waals surface area contributed by atoms with Gasteiger partial charge in [0.2, 0.25) is 0 Å². The second-order valence-corrected chi connectivity index (χ2v) is 8.74. The number of ether oxygens (including phenoxy) is 4. The maximum atomic E-state index is 11.1. The fourth-order valence-electron chi connectivity index (χ4n) is 5.97. The van der Waals surface area contributed by atoms with Crippen LogP contribution in [0.3, 0.4) is 0 Å². The Balaban J connectivity index is 0.000000122. The number of rotatable bonds is 0. The Bertz CT molecular complexity index is 597. The zero-order chi connectivity index (χ0) is 19.4. The van der Waals surface area contributed by atoms with E-state index in [1.807, 2.05) is 0 Å². The Kier molecular flexibility index (Phi) is 4.32. The highest BCUT2D eigenvalue weighted by atomic mass is 16.6. The Labute approximate surface area is 162 Å². The third-order valence-electron chi connectivity index (χ3n) is 7.22. The lowest BCUT2D eigenvalue weighted by molar-refractivity contribution is -0.146. The van der Waals surface area contributed by atoms with Crippen LogP contribution in [0, 0.1) is 23.7 Å². The van der Waals surface area contributed by atoms with Gasteiger partial charge < -0.3 is 18.9 Å². The maximum absolute atomic E-state index is 11.1. The Hall–Kier alpha value is -2.12. The molecule has 0 unspecified atom stereocenters. The van der Waals surface area contributed by atoms with Crippen molar-refractivity contribution in [3.05, 3.63) is 0 Å². The highest BCUT2D eigenvalue weighted by Gasteiger charge is 2.52. The van der Waals surface area contributed by atoms with Crippen molar-refractivity contribution >= 4 is 23.9 Å². The van der Waals surface area contributed by atoms with E-state index in [1.54, 1.807) is 0 Å². The van der Waals surface area contributed by atoms with Crippen LogP contribution in [0.5, 0.6) is 0 Å². The molecule has 4 aliphatic heterocycles. The second-order valence-electron chi connectivity index (χ2n) is 8.74. The Morgan fingerprint density at radius 2 is 0.643 bits per heavy atom. The van der Waals surface area contributed by atoms with Gasteiger partial charge in [-0.2, -0.15) is 0 Å². The number of carbonyl (C=O) groups is 4. The quantitative estimate of drug-likeness (QED) is 0.449. The zero-order valence-corrected chi connectivity index (χ0v) is 15.5. The summed E-state index contributed by atoms with van der Waals surface area (Å²) in [5, 5.41) is 0. The molecule has 0 bridgehead atoms. The van der Waals surface area contributed by atoms with Crippen LogP contribution in [0.4, 0.5) is 0 Å². The first-order valence-electron chi connectivity index (χ1n) is 10.3.